The lowest BCUT2D eigenvalue weighted by Gasteiger charge is -2.46. The molecular weight excluding hydrogens is 524 g/mol. The molecule has 3 N–H and O–H groups in total. The third-order valence-corrected chi connectivity index (χ3v) is 7.49. The van der Waals surface area contributed by atoms with Crippen molar-refractivity contribution in [3.63, 3.8) is 0 Å². The normalized spacial score (nSPS) is 20.1. The summed E-state index contributed by atoms with van der Waals surface area (Å²) in [6.07, 6.45) is 1.34. The number of rotatable bonds is 7. The highest BCUT2D eigenvalue weighted by Crippen LogP contribution is 2.37. The molecule has 12 nitrogen and oxygen atoms in total. The summed E-state index contributed by atoms with van der Waals surface area (Å²) in [5.41, 5.74) is 4.04. The minimum Gasteiger partial charge on any atom is -0.495 e. The van der Waals surface area contributed by atoms with Gasteiger partial charge in [-0.25, -0.2) is 9.99 Å². The molecule has 0 bridgehead atoms. The van der Waals surface area contributed by atoms with Crippen molar-refractivity contribution >= 4 is 35.0 Å². The molecule has 4 heterocycles. The van der Waals surface area contributed by atoms with Gasteiger partial charge >= 0.3 is 5.92 Å². The highest BCUT2D eigenvalue weighted by atomic mass is 19.3. The summed E-state index contributed by atoms with van der Waals surface area (Å²) in [6, 6.07) is 5.04. The van der Waals surface area contributed by atoms with Crippen LogP contribution in [0.3, 0.4) is 0 Å². The van der Waals surface area contributed by atoms with E-state index in [2.05, 4.69) is 30.9 Å². The molecule has 40 heavy (non-hydrogen) atoms. The summed E-state index contributed by atoms with van der Waals surface area (Å²) >= 11 is 0. The number of carbonyl (C=O) groups is 2. The van der Waals surface area contributed by atoms with Crippen LogP contribution in [-0.4, -0.2) is 110 Å². The van der Waals surface area contributed by atoms with Gasteiger partial charge in [-0.3, -0.25) is 19.9 Å². The van der Waals surface area contributed by atoms with Gasteiger partial charge in [-0.05, 0) is 32.0 Å². The number of alkyl halides is 2. The van der Waals surface area contributed by atoms with Crippen LogP contribution < -0.4 is 30.6 Å². The van der Waals surface area contributed by atoms with Gasteiger partial charge in [0.25, 0.3) is 11.8 Å². The molecule has 1 aromatic heterocycles. The number of halogens is 2. The largest absolute Gasteiger partial charge is 0.495 e. The number of nitrogens with one attached hydrogen (secondary N) is 3. The van der Waals surface area contributed by atoms with Crippen molar-refractivity contribution < 1.29 is 23.1 Å². The number of piperazine rings is 1. The number of carbonyl (C=O) groups excluding carboxylic acids is 2. The molecule has 2 amide bonds. The molecule has 2 aromatic rings. The van der Waals surface area contributed by atoms with E-state index in [1.54, 1.807) is 32.0 Å². The predicted molar refractivity (Wildman–Crippen MR) is 146 cm³/mol. The Hall–Kier alpha value is -3.62. The summed E-state index contributed by atoms with van der Waals surface area (Å²) in [7, 11) is 2.77. The van der Waals surface area contributed by atoms with E-state index in [0.29, 0.717) is 23.0 Å². The smallest absolute Gasteiger partial charge is 0.342 e. The summed E-state index contributed by atoms with van der Waals surface area (Å²) in [6.45, 7) is 8.27. The van der Waals surface area contributed by atoms with Crippen molar-refractivity contribution in [2.75, 3.05) is 75.1 Å². The number of amides is 2. The SMILES string of the molecule is COc1cc(C(=O)NN2CC(N3CCNCC3)C2)ccc1Nc1ncc2c(n1)N(C(C)C)CC(F)(F)C(=O)N2C. The van der Waals surface area contributed by atoms with Crippen LogP contribution in [-0.2, 0) is 4.79 Å². The van der Waals surface area contributed by atoms with Crippen molar-refractivity contribution in [1.29, 1.82) is 0 Å². The van der Waals surface area contributed by atoms with Gasteiger partial charge in [0.15, 0.2) is 5.82 Å². The lowest BCUT2D eigenvalue weighted by atomic mass is 10.1. The second-order valence-corrected chi connectivity index (χ2v) is 10.5. The second kappa shape index (κ2) is 11.1. The maximum absolute atomic E-state index is 14.6. The number of hydrogen-bond acceptors (Lipinski definition) is 10. The Morgan fingerprint density at radius 1 is 1.23 bits per heavy atom. The molecule has 3 aliphatic rings. The molecular formula is C26H35F2N9O3. The van der Waals surface area contributed by atoms with Gasteiger partial charge in [0.2, 0.25) is 5.95 Å². The first-order valence-corrected chi connectivity index (χ1v) is 13.3. The third-order valence-electron chi connectivity index (χ3n) is 7.49. The van der Waals surface area contributed by atoms with E-state index < -0.39 is 18.4 Å². The minimum atomic E-state index is -3.57. The van der Waals surface area contributed by atoms with E-state index >= 15 is 0 Å². The van der Waals surface area contributed by atoms with E-state index in [4.69, 9.17) is 4.74 Å². The van der Waals surface area contributed by atoms with Gasteiger partial charge in [-0.15, -0.1) is 0 Å². The second-order valence-electron chi connectivity index (χ2n) is 10.5. The van der Waals surface area contributed by atoms with Gasteiger partial charge in [0, 0.05) is 64.0 Å². The van der Waals surface area contributed by atoms with Crippen LogP contribution >= 0.6 is 0 Å². The van der Waals surface area contributed by atoms with Crippen molar-refractivity contribution in [3.8, 4) is 5.75 Å². The Labute approximate surface area is 231 Å². The maximum atomic E-state index is 14.6. The van der Waals surface area contributed by atoms with Crippen LogP contribution in [0.1, 0.15) is 24.2 Å². The molecule has 3 aliphatic heterocycles. The summed E-state index contributed by atoms with van der Waals surface area (Å²) in [5.74, 6) is -4.40. The number of benzene rings is 1. The molecule has 1 aromatic carbocycles. The molecule has 0 aliphatic carbocycles. The van der Waals surface area contributed by atoms with Crippen LogP contribution in [0.15, 0.2) is 24.4 Å². The first-order chi connectivity index (χ1) is 19.1. The summed E-state index contributed by atoms with van der Waals surface area (Å²) in [4.78, 5) is 38.7. The Bertz CT molecular complexity index is 1270. The van der Waals surface area contributed by atoms with Crippen LogP contribution in [0.25, 0.3) is 0 Å². The monoisotopic (exact) mass is 559 g/mol. The zero-order valence-corrected chi connectivity index (χ0v) is 23.1. The zero-order valence-electron chi connectivity index (χ0n) is 23.1. The molecule has 2 fully saturated rings. The van der Waals surface area contributed by atoms with Gasteiger partial charge in [-0.2, -0.15) is 13.8 Å². The average Bonchev–Trinajstić information content (AvgIpc) is 2.99. The number of hydrogen-bond donors (Lipinski definition) is 3. The van der Waals surface area contributed by atoms with Crippen molar-refractivity contribution in [2.45, 2.75) is 31.9 Å². The van der Waals surface area contributed by atoms with E-state index in [1.807, 2.05) is 5.01 Å². The highest BCUT2D eigenvalue weighted by molar-refractivity contribution is 6.02. The number of hydrazine groups is 1. The average molecular weight is 560 g/mol. The van der Waals surface area contributed by atoms with Gasteiger partial charge in [0.1, 0.15) is 11.4 Å². The molecule has 0 radical (unpaired) electrons. The summed E-state index contributed by atoms with van der Waals surface area (Å²) in [5, 5.41) is 8.31. The summed E-state index contributed by atoms with van der Waals surface area (Å²) < 4.78 is 34.7. The number of methoxy groups -OCH3 is 1. The number of nitrogens with zero attached hydrogens (tertiary/aromatic N) is 6. The Balaban J connectivity index is 1.29. The van der Waals surface area contributed by atoms with Crippen LogP contribution in [0.4, 0.5) is 31.9 Å². The maximum Gasteiger partial charge on any atom is 0.342 e. The molecule has 0 spiro atoms. The lowest BCUT2D eigenvalue weighted by Crippen LogP contribution is -2.66. The Kier molecular flexibility index (Phi) is 7.75. The molecule has 14 heteroatoms. The van der Waals surface area contributed by atoms with E-state index in [0.717, 1.165) is 44.2 Å². The molecule has 0 unspecified atom stereocenters. The quantitative estimate of drug-likeness (QED) is 0.458. The minimum absolute atomic E-state index is 0.130. The topological polar surface area (TPSA) is 118 Å². The van der Waals surface area contributed by atoms with Gasteiger partial charge < -0.3 is 25.2 Å². The standard InChI is InChI=1S/C26H35F2N9O3/c1-16(2)37-15-26(27,28)24(39)34(3)20-12-30-25(32-22(20)37)31-19-6-5-17(11-21(19)40-4)23(38)33-36-13-18(14-36)35-9-7-29-8-10-35/h5-6,11-12,16,18,29H,7-10,13-15H2,1-4H3,(H,33,38)(H,30,31,32). The fourth-order valence-corrected chi connectivity index (χ4v) is 5.10. The number of anilines is 4. The van der Waals surface area contributed by atoms with Crippen LogP contribution in [0, 0.1) is 0 Å². The van der Waals surface area contributed by atoms with E-state index in [-0.39, 0.29) is 29.4 Å². The van der Waals surface area contributed by atoms with Crippen molar-refractivity contribution in [2.24, 2.45) is 0 Å². The third kappa shape index (κ3) is 5.51. The highest BCUT2D eigenvalue weighted by Gasteiger charge is 2.47. The molecule has 0 atom stereocenters. The molecule has 0 saturated carbocycles. The van der Waals surface area contributed by atoms with Crippen LogP contribution in [0.5, 0.6) is 5.75 Å². The van der Waals surface area contributed by atoms with Crippen molar-refractivity contribution in [3.05, 3.63) is 30.0 Å². The molecule has 2 saturated heterocycles. The fraction of sp³-hybridized carbons (Fsp3) is 0.538. The number of fused-ring (bicyclic) bond motifs is 1. The van der Waals surface area contributed by atoms with Gasteiger partial charge in [-0.1, -0.05) is 0 Å². The Morgan fingerprint density at radius 3 is 2.62 bits per heavy atom. The lowest BCUT2D eigenvalue weighted by molar-refractivity contribution is -0.140. The number of aromatic nitrogens is 2. The van der Waals surface area contributed by atoms with E-state index in [9.17, 15) is 18.4 Å². The van der Waals surface area contributed by atoms with Crippen molar-refractivity contribution in [1.82, 2.24) is 30.6 Å². The Morgan fingerprint density at radius 2 is 1.95 bits per heavy atom. The first kappa shape index (κ1) is 27.9. The van der Waals surface area contributed by atoms with E-state index in [1.165, 1.54) is 25.3 Å². The molecule has 5 rings (SSSR count). The molecule has 216 valence electrons. The van der Waals surface area contributed by atoms with Crippen LogP contribution in [0.2, 0.25) is 0 Å². The predicted octanol–water partition coefficient (Wildman–Crippen LogP) is 1.29. The van der Waals surface area contributed by atoms with Gasteiger partial charge in [0.05, 0.1) is 25.5 Å². The first-order valence-electron chi connectivity index (χ1n) is 13.3. The number of ether oxygens (including phenoxy) is 1. The fourth-order valence-electron chi connectivity index (χ4n) is 5.10. The zero-order chi connectivity index (χ0) is 28.6.